The normalized spacial score (nSPS) is 10.0. The van der Waals surface area contributed by atoms with E-state index in [1.165, 1.54) is 0 Å². The van der Waals surface area contributed by atoms with E-state index in [-0.39, 0.29) is 5.91 Å². The second kappa shape index (κ2) is 5.97. The van der Waals surface area contributed by atoms with E-state index >= 15 is 0 Å². The van der Waals surface area contributed by atoms with Gasteiger partial charge in [-0.05, 0) is 65.4 Å². The van der Waals surface area contributed by atoms with E-state index in [0.717, 1.165) is 15.4 Å². The van der Waals surface area contributed by atoms with Crippen LogP contribution in [0.5, 0.6) is 0 Å². The number of halogens is 1. The number of amides is 1. The lowest BCUT2D eigenvalue weighted by molar-refractivity contribution is 0.102. The van der Waals surface area contributed by atoms with Crippen molar-refractivity contribution in [3.05, 3.63) is 62.7 Å². The van der Waals surface area contributed by atoms with Gasteiger partial charge in [-0.2, -0.15) is 0 Å². The number of hydrogen-bond donors (Lipinski definition) is 1. The fraction of sp³-hybridized carbons (Fsp3) is 0.0667. The molecule has 0 aliphatic heterocycles. The van der Waals surface area contributed by atoms with Gasteiger partial charge in [0.15, 0.2) is 0 Å². The maximum absolute atomic E-state index is 12.2. The Bertz CT molecular complexity index is 621. The van der Waals surface area contributed by atoms with Gasteiger partial charge in [0, 0.05) is 14.8 Å². The summed E-state index contributed by atoms with van der Waals surface area (Å²) in [5.41, 5.74) is 2.99. The van der Waals surface area contributed by atoms with Crippen LogP contribution in [0.3, 0.4) is 0 Å². The third kappa shape index (κ3) is 3.20. The van der Waals surface area contributed by atoms with E-state index in [4.69, 9.17) is 0 Å². The van der Waals surface area contributed by atoms with Crippen molar-refractivity contribution in [3.63, 3.8) is 0 Å². The summed E-state index contributed by atoms with van der Waals surface area (Å²) >= 11 is 2.17. The summed E-state index contributed by atoms with van der Waals surface area (Å²) in [5.74, 6) is -0.146. The number of benzene rings is 2. The Morgan fingerprint density at radius 3 is 2.47 bits per heavy atom. The number of carbonyl (C=O) groups is 2. The minimum atomic E-state index is -0.146. The monoisotopic (exact) mass is 365 g/mol. The highest BCUT2D eigenvalue weighted by Gasteiger charge is 2.11. The van der Waals surface area contributed by atoms with Crippen molar-refractivity contribution in [3.8, 4) is 0 Å². The first-order valence-electron chi connectivity index (χ1n) is 5.73. The minimum Gasteiger partial charge on any atom is -0.322 e. The Kier molecular flexibility index (Phi) is 4.31. The van der Waals surface area contributed by atoms with Crippen molar-refractivity contribution in [2.45, 2.75) is 6.92 Å². The van der Waals surface area contributed by atoms with Crippen molar-refractivity contribution in [2.75, 3.05) is 5.32 Å². The lowest BCUT2D eigenvalue weighted by Gasteiger charge is -2.08. The summed E-state index contributed by atoms with van der Waals surface area (Å²) in [6.45, 7) is 1.97. The van der Waals surface area contributed by atoms with Gasteiger partial charge < -0.3 is 5.32 Å². The van der Waals surface area contributed by atoms with Crippen LogP contribution in [0.1, 0.15) is 26.3 Å². The summed E-state index contributed by atoms with van der Waals surface area (Å²) < 4.78 is 0.946. The zero-order valence-corrected chi connectivity index (χ0v) is 12.5. The van der Waals surface area contributed by atoms with Crippen LogP contribution in [0.4, 0.5) is 5.69 Å². The number of carbonyl (C=O) groups excluding carboxylic acids is 2. The molecule has 1 amide bonds. The Morgan fingerprint density at radius 1 is 1.16 bits per heavy atom. The molecular weight excluding hydrogens is 353 g/mol. The van der Waals surface area contributed by atoms with Crippen LogP contribution in [-0.2, 0) is 0 Å². The average Bonchev–Trinajstić information content (AvgIpc) is 2.42. The molecule has 0 spiro atoms. The van der Waals surface area contributed by atoms with E-state index in [1.54, 1.807) is 30.3 Å². The van der Waals surface area contributed by atoms with E-state index < -0.39 is 0 Å². The molecule has 0 unspecified atom stereocenters. The molecule has 3 nitrogen and oxygen atoms in total. The molecule has 0 bridgehead atoms. The maximum atomic E-state index is 12.2. The zero-order chi connectivity index (χ0) is 13.8. The smallest absolute Gasteiger partial charge is 0.256 e. The van der Waals surface area contributed by atoms with Gasteiger partial charge in [-0.3, -0.25) is 9.59 Å². The standard InChI is InChI=1S/C15H12INO2/c1-10-3-2-4-13(14(10)16)15(19)17-12-7-5-11(9-18)6-8-12/h2-9H,1H3,(H,17,19). The second-order valence-corrected chi connectivity index (χ2v) is 5.21. The van der Waals surface area contributed by atoms with Gasteiger partial charge in [0.25, 0.3) is 5.91 Å². The number of anilines is 1. The molecule has 0 atom stereocenters. The molecular formula is C15H12INO2. The van der Waals surface area contributed by atoms with Gasteiger partial charge >= 0.3 is 0 Å². The second-order valence-electron chi connectivity index (χ2n) is 4.13. The first-order chi connectivity index (χ1) is 9.11. The van der Waals surface area contributed by atoms with Gasteiger partial charge in [0.05, 0.1) is 5.56 Å². The summed E-state index contributed by atoms with van der Waals surface area (Å²) in [6, 6.07) is 12.4. The number of hydrogen-bond acceptors (Lipinski definition) is 2. The molecule has 2 rings (SSSR count). The molecule has 0 aliphatic carbocycles. The SMILES string of the molecule is Cc1cccc(C(=O)Nc2ccc(C=O)cc2)c1I. The zero-order valence-electron chi connectivity index (χ0n) is 10.3. The van der Waals surface area contributed by atoms with E-state index in [2.05, 4.69) is 27.9 Å². The Morgan fingerprint density at radius 2 is 1.84 bits per heavy atom. The summed E-state index contributed by atoms with van der Waals surface area (Å²) in [7, 11) is 0. The first kappa shape index (κ1) is 13.7. The van der Waals surface area contributed by atoms with Crippen LogP contribution in [-0.4, -0.2) is 12.2 Å². The van der Waals surface area contributed by atoms with Crippen LogP contribution < -0.4 is 5.32 Å². The summed E-state index contributed by atoms with van der Waals surface area (Å²) in [5, 5.41) is 2.82. The third-order valence-corrected chi connectivity index (χ3v) is 4.17. The van der Waals surface area contributed by atoms with Crippen LogP contribution in [0, 0.1) is 10.5 Å². The Hall–Kier alpha value is -1.69. The van der Waals surface area contributed by atoms with E-state index in [1.807, 2.05) is 19.1 Å². The number of aldehydes is 1. The molecule has 2 aromatic carbocycles. The molecule has 0 radical (unpaired) electrons. The first-order valence-corrected chi connectivity index (χ1v) is 6.81. The minimum absolute atomic E-state index is 0.146. The van der Waals surface area contributed by atoms with Crippen molar-refractivity contribution in [1.29, 1.82) is 0 Å². The fourth-order valence-electron chi connectivity index (χ4n) is 1.67. The van der Waals surface area contributed by atoms with Crippen LogP contribution in [0.2, 0.25) is 0 Å². The van der Waals surface area contributed by atoms with Crippen LogP contribution >= 0.6 is 22.6 Å². The van der Waals surface area contributed by atoms with Gasteiger partial charge in [-0.15, -0.1) is 0 Å². The summed E-state index contributed by atoms with van der Waals surface area (Å²) in [4.78, 5) is 22.7. The quantitative estimate of drug-likeness (QED) is 0.667. The lowest BCUT2D eigenvalue weighted by atomic mass is 10.1. The molecule has 0 saturated heterocycles. The van der Waals surface area contributed by atoms with Crippen molar-refractivity contribution in [2.24, 2.45) is 0 Å². The van der Waals surface area contributed by atoms with Crippen molar-refractivity contribution in [1.82, 2.24) is 0 Å². The van der Waals surface area contributed by atoms with Crippen LogP contribution in [0.25, 0.3) is 0 Å². The van der Waals surface area contributed by atoms with Gasteiger partial charge in [0.1, 0.15) is 6.29 Å². The molecule has 0 fully saturated rings. The molecule has 4 heteroatoms. The van der Waals surface area contributed by atoms with Gasteiger partial charge in [-0.1, -0.05) is 12.1 Å². The Balaban J connectivity index is 2.20. The predicted molar refractivity (Wildman–Crippen MR) is 83.7 cm³/mol. The van der Waals surface area contributed by atoms with Crippen molar-refractivity contribution < 1.29 is 9.59 Å². The average molecular weight is 365 g/mol. The third-order valence-electron chi connectivity index (χ3n) is 2.74. The molecule has 0 heterocycles. The van der Waals surface area contributed by atoms with E-state index in [9.17, 15) is 9.59 Å². The number of aryl methyl sites for hydroxylation is 1. The van der Waals surface area contributed by atoms with Crippen molar-refractivity contribution >= 4 is 40.5 Å². The molecule has 19 heavy (non-hydrogen) atoms. The molecule has 96 valence electrons. The topological polar surface area (TPSA) is 46.2 Å². The maximum Gasteiger partial charge on any atom is 0.256 e. The number of rotatable bonds is 3. The highest BCUT2D eigenvalue weighted by molar-refractivity contribution is 14.1. The van der Waals surface area contributed by atoms with E-state index in [0.29, 0.717) is 16.8 Å². The molecule has 0 aliphatic rings. The molecule has 0 aromatic heterocycles. The largest absolute Gasteiger partial charge is 0.322 e. The van der Waals surface area contributed by atoms with Gasteiger partial charge in [0.2, 0.25) is 0 Å². The van der Waals surface area contributed by atoms with Crippen LogP contribution in [0.15, 0.2) is 42.5 Å². The fourth-order valence-corrected chi connectivity index (χ4v) is 2.27. The Labute approximate surface area is 125 Å². The highest BCUT2D eigenvalue weighted by atomic mass is 127. The molecule has 1 N–H and O–H groups in total. The lowest BCUT2D eigenvalue weighted by Crippen LogP contribution is -2.13. The number of nitrogens with one attached hydrogen (secondary N) is 1. The molecule has 0 saturated carbocycles. The highest BCUT2D eigenvalue weighted by Crippen LogP contribution is 2.18. The van der Waals surface area contributed by atoms with Gasteiger partial charge in [-0.25, -0.2) is 0 Å². The summed E-state index contributed by atoms with van der Waals surface area (Å²) in [6.07, 6.45) is 0.773. The predicted octanol–water partition coefficient (Wildman–Crippen LogP) is 3.66. The molecule has 2 aromatic rings.